The van der Waals surface area contributed by atoms with E-state index in [2.05, 4.69) is 33.5 Å². The maximum Gasteiger partial charge on any atom is 0.243 e. The minimum atomic E-state index is -1.07. The fourth-order valence-electron chi connectivity index (χ4n) is 5.81. The molecule has 2 rings (SSSR count). The molecule has 0 spiro atoms. The van der Waals surface area contributed by atoms with Crippen molar-refractivity contribution in [2.75, 3.05) is 13.1 Å². The molecular formula is C40H61N7O7. The van der Waals surface area contributed by atoms with Crippen molar-refractivity contribution >= 4 is 35.4 Å². The van der Waals surface area contributed by atoms with Crippen LogP contribution in [0.25, 0.3) is 0 Å². The van der Waals surface area contributed by atoms with Crippen LogP contribution in [0.4, 0.5) is 0 Å². The van der Waals surface area contributed by atoms with Gasteiger partial charge in [-0.3, -0.25) is 28.8 Å². The van der Waals surface area contributed by atoms with Crippen LogP contribution in [-0.2, 0) is 41.6 Å². The average Bonchev–Trinajstić information content (AvgIpc) is 3.14. The van der Waals surface area contributed by atoms with Gasteiger partial charge in [0, 0.05) is 12.8 Å². The molecule has 0 unspecified atom stereocenters. The van der Waals surface area contributed by atoms with Crippen LogP contribution in [0.15, 0.2) is 54.6 Å². The Bertz CT molecular complexity index is 1470. The van der Waals surface area contributed by atoms with Crippen LogP contribution >= 0.6 is 0 Å². The quantitative estimate of drug-likeness (QED) is 0.0663. The number of unbranched alkanes of at least 4 members (excludes halogenated alkanes) is 7. The zero-order valence-corrected chi connectivity index (χ0v) is 32.0. The van der Waals surface area contributed by atoms with E-state index < -0.39 is 72.7 Å². The van der Waals surface area contributed by atoms with Gasteiger partial charge in [0.15, 0.2) is 0 Å². The number of hydrogen-bond acceptors (Lipinski definition) is 8. The van der Waals surface area contributed by atoms with Crippen LogP contribution in [0.2, 0.25) is 0 Å². The molecule has 0 fully saturated rings. The molecule has 0 aromatic heterocycles. The lowest BCUT2D eigenvalue weighted by Crippen LogP contribution is -2.55. The minimum absolute atomic E-state index is 0.0462. The molecular weight excluding hydrogens is 690 g/mol. The van der Waals surface area contributed by atoms with Gasteiger partial charge in [-0.05, 0) is 42.0 Å². The molecule has 14 nitrogen and oxygen atoms in total. The monoisotopic (exact) mass is 751 g/mol. The average molecular weight is 752 g/mol. The van der Waals surface area contributed by atoms with E-state index in [9.17, 15) is 33.9 Å². The Labute approximate surface area is 319 Å². The van der Waals surface area contributed by atoms with Crippen LogP contribution in [0, 0.1) is 5.92 Å². The Kier molecular flexibility index (Phi) is 21.0. The highest BCUT2D eigenvalue weighted by molar-refractivity contribution is 5.94. The van der Waals surface area contributed by atoms with E-state index in [4.69, 9.17) is 11.5 Å². The first-order valence-corrected chi connectivity index (χ1v) is 19.1. The summed E-state index contributed by atoms with van der Waals surface area (Å²) in [7, 11) is 0. The van der Waals surface area contributed by atoms with Crippen LogP contribution in [0.3, 0.4) is 0 Å². The third-order valence-electron chi connectivity index (χ3n) is 8.89. The smallest absolute Gasteiger partial charge is 0.243 e. The Morgan fingerprint density at radius 3 is 1.76 bits per heavy atom. The van der Waals surface area contributed by atoms with E-state index in [-0.39, 0.29) is 24.5 Å². The zero-order valence-electron chi connectivity index (χ0n) is 32.0. The number of carbonyl (C=O) groups excluding carboxylic acids is 6. The number of primary amides is 1. The van der Waals surface area contributed by atoms with Gasteiger partial charge in [0.2, 0.25) is 35.4 Å². The summed E-state index contributed by atoms with van der Waals surface area (Å²) in [5.41, 5.74) is 13.1. The molecule has 0 aliphatic rings. The predicted molar refractivity (Wildman–Crippen MR) is 208 cm³/mol. The van der Waals surface area contributed by atoms with Crippen LogP contribution in [-0.4, -0.2) is 77.8 Å². The molecule has 4 atom stereocenters. The highest BCUT2D eigenvalue weighted by atomic mass is 16.3. The maximum atomic E-state index is 13.3. The molecule has 10 N–H and O–H groups in total. The highest BCUT2D eigenvalue weighted by Gasteiger charge is 2.27. The van der Waals surface area contributed by atoms with E-state index in [1.165, 1.54) is 37.8 Å². The fourth-order valence-corrected chi connectivity index (χ4v) is 5.81. The number of phenolic OH excluding ortho intramolecular Hbond substituents is 1. The lowest BCUT2D eigenvalue weighted by Gasteiger charge is -2.23. The second kappa shape index (κ2) is 25.1. The van der Waals surface area contributed by atoms with E-state index >= 15 is 0 Å². The number of nitrogens with one attached hydrogen (secondary N) is 5. The summed E-state index contributed by atoms with van der Waals surface area (Å²) in [5.74, 6) is -3.66. The molecule has 14 heteroatoms. The number of amides is 6. The first-order valence-electron chi connectivity index (χ1n) is 19.1. The third kappa shape index (κ3) is 18.7. The van der Waals surface area contributed by atoms with E-state index in [0.717, 1.165) is 31.2 Å². The SMILES string of the molecule is CCCCCCCCCC[C@H](N)C(=O)N[C@@H](Cc1ccc(O)cc1)C(=O)NCC(=O)NCC(=O)N[C@@H](Cc1ccccc1)C(=O)N[C@@H](CC(C)C)C(N)=O. The largest absolute Gasteiger partial charge is 0.508 e. The summed E-state index contributed by atoms with van der Waals surface area (Å²) in [5, 5.41) is 22.6. The van der Waals surface area contributed by atoms with Crippen LogP contribution in [0.5, 0.6) is 5.75 Å². The van der Waals surface area contributed by atoms with Crippen molar-refractivity contribution < 1.29 is 33.9 Å². The van der Waals surface area contributed by atoms with Gasteiger partial charge in [0.1, 0.15) is 23.9 Å². The van der Waals surface area contributed by atoms with Gasteiger partial charge in [0.05, 0.1) is 19.1 Å². The maximum absolute atomic E-state index is 13.3. The van der Waals surface area contributed by atoms with Crippen LogP contribution < -0.4 is 38.1 Å². The Morgan fingerprint density at radius 1 is 0.630 bits per heavy atom. The number of carbonyl (C=O) groups is 6. The Balaban J connectivity index is 1.95. The van der Waals surface area contributed by atoms with Crippen molar-refractivity contribution in [3.8, 4) is 5.75 Å². The summed E-state index contributed by atoms with van der Waals surface area (Å²) in [6.45, 7) is 4.95. The first kappa shape index (κ1) is 45.2. The van der Waals surface area contributed by atoms with Crippen molar-refractivity contribution in [2.45, 2.75) is 122 Å². The Hall–Kier alpha value is -4.98. The lowest BCUT2D eigenvalue weighted by molar-refractivity contribution is -0.132. The van der Waals surface area contributed by atoms with Gasteiger partial charge >= 0.3 is 0 Å². The molecule has 0 aliphatic heterocycles. The number of aromatic hydroxyl groups is 1. The second-order valence-electron chi connectivity index (χ2n) is 14.2. The molecule has 0 radical (unpaired) electrons. The molecule has 0 aliphatic carbocycles. The van der Waals surface area contributed by atoms with Gasteiger partial charge in [-0.2, -0.15) is 0 Å². The molecule has 298 valence electrons. The number of rotatable bonds is 26. The normalized spacial score (nSPS) is 13.2. The van der Waals surface area contributed by atoms with Crippen molar-refractivity contribution in [3.05, 3.63) is 65.7 Å². The van der Waals surface area contributed by atoms with Gasteiger partial charge < -0.3 is 43.2 Å². The fraction of sp³-hybridized carbons (Fsp3) is 0.550. The number of nitrogens with two attached hydrogens (primary N) is 2. The van der Waals surface area contributed by atoms with Crippen molar-refractivity contribution in [2.24, 2.45) is 17.4 Å². The van der Waals surface area contributed by atoms with E-state index in [0.29, 0.717) is 18.4 Å². The summed E-state index contributed by atoms with van der Waals surface area (Å²) < 4.78 is 0. The summed E-state index contributed by atoms with van der Waals surface area (Å²) in [6.07, 6.45) is 9.83. The number of phenols is 1. The van der Waals surface area contributed by atoms with Gasteiger partial charge in [-0.25, -0.2) is 0 Å². The molecule has 0 saturated carbocycles. The van der Waals surface area contributed by atoms with E-state index in [1.54, 1.807) is 36.4 Å². The molecule has 2 aromatic carbocycles. The molecule has 2 aromatic rings. The van der Waals surface area contributed by atoms with Crippen molar-refractivity contribution in [3.63, 3.8) is 0 Å². The standard InChI is InChI=1S/C40H61N7O7/c1-4-5-6-7-8-9-10-14-17-31(41)38(52)47-33(24-29-18-20-30(48)21-19-29)39(53)44-25-35(49)43-26-36(50)45-34(23-28-15-12-11-13-16-28)40(54)46-32(37(42)51)22-27(2)3/h11-13,15-16,18-21,27,31-34,48H,4-10,14,17,22-26,41H2,1-3H3,(H2,42,51)(H,43,49)(H,44,53)(H,45,50)(H,46,54)(H,47,52)/t31-,32-,33-,34-/m0/s1. The number of benzene rings is 2. The molecule has 0 bridgehead atoms. The Morgan fingerprint density at radius 2 is 1.17 bits per heavy atom. The highest BCUT2D eigenvalue weighted by Crippen LogP contribution is 2.13. The topological polar surface area (TPSA) is 235 Å². The lowest BCUT2D eigenvalue weighted by atomic mass is 10.0. The summed E-state index contributed by atoms with van der Waals surface area (Å²) in [6, 6.07) is 11.3. The van der Waals surface area contributed by atoms with Gasteiger partial charge in [0.25, 0.3) is 0 Å². The van der Waals surface area contributed by atoms with Crippen LogP contribution in [0.1, 0.15) is 96.1 Å². The van der Waals surface area contributed by atoms with Crippen molar-refractivity contribution in [1.82, 2.24) is 26.6 Å². The van der Waals surface area contributed by atoms with Crippen molar-refractivity contribution in [1.29, 1.82) is 0 Å². The third-order valence-corrected chi connectivity index (χ3v) is 8.89. The summed E-state index contributed by atoms with van der Waals surface area (Å²) >= 11 is 0. The molecule has 54 heavy (non-hydrogen) atoms. The second-order valence-corrected chi connectivity index (χ2v) is 14.2. The molecule has 0 saturated heterocycles. The first-order chi connectivity index (χ1) is 25.8. The minimum Gasteiger partial charge on any atom is -0.508 e. The van der Waals surface area contributed by atoms with Gasteiger partial charge in [-0.15, -0.1) is 0 Å². The molecule has 6 amide bonds. The number of hydrogen-bond donors (Lipinski definition) is 8. The summed E-state index contributed by atoms with van der Waals surface area (Å²) in [4.78, 5) is 77.1. The van der Waals surface area contributed by atoms with E-state index in [1.807, 2.05) is 19.9 Å². The molecule has 0 heterocycles. The zero-order chi connectivity index (χ0) is 39.9. The van der Waals surface area contributed by atoms with Gasteiger partial charge in [-0.1, -0.05) is 115 Å². The predicted octanol–water partition coefficient (Wildman–Crippen LogP) is 2.25.